The quantitative estimate of drug-likeness (QED) is 0.563. The van der Waals surface area contributed by atoms with Crippen LogP contribution in [0.3, 0.4) is 0 Å². The topological polar surface area (TPSA) is 52.4 Å². The normalized spacial score (nSPS) is 10.4. The minimum atomic E-state index is -0.875. The van der Waals surface area contributed by atoms with Crippen LogP contribution in [0, 0.1) is 21.7 Å². The lowest BCUT2D eigenvalue weighted by Crippen LogP contribution is -1.96. The Hall–Kier alpha value is -1.73. The Labute approximate surface area is 125 Å². The largest absolute Gasteiger partial charge is 0.449 e. The minimum absolute atomic E-state index is 0.0187. The van der Waals surface area contributed by atoms with E-state index in [4.69, 9.17) is 16.3 Å². The van der Waals surface area contributed by atoms with Crippen molar-refractivity contribution in [3.05, 3.63) is 61.6 Å². The molecule has 0 aromatic heterocycles. The van der Waals surface area contributed by atoms with Gasteiger partial charge in [-0.15, -0.1) is 0 Å². The van der Waals surface area contributed by atoms with Crippen LogP contribution >= 0.6 is 27.5 Å². The average molecular weight is 365 g/mol. The Morgan fingerprint density at radius 1 is 1.20 bits per heavy atom. The standard InChI is InChI=1S/C12H5BrClF2NO3/c13-7-2-1-6(15)3-11(7)20-12-5-9(16)8(14)4-10(12)17(18)19/h1-5H. The van der Waals surface area contributed by atoms with E-state index in [0.29, 0.717) is 4.47 Å². The maximum absolute atomic E-state index is 13.4. The van der Waals surface area contributed by atoms with Gasteiger partial charge in [-0.1, -0.05) is 11.6 Å². The summed E-state index contributed by atoms with van der Waals surface area (Å²) in [5, 5.41) is 10.5. The third-order valence-corrected chi connectivity index (χ3v) is 3.26. The van der Waals surface area contributed by atoms with Gasteiger partial charge in [0.25, 0.3) is 0 Å². The lowest BCUT2D eigenvalue weighted by Gasteiger charge is -2.09. The molecule has 2 rings (SSSR count). The van der Waals surface area contributed by atoms with Crippen LogP contribution < -0.4 is 4.74 Å². The van der Waals surface area contributed by atoms with E-state index in [0.717, 1.165) is 18.2 Å². The smallest absolute Gasteiger partial charge is 0.313 e. The molecule has 0 saturated carbocycles. The molecule has 0 saturated heterocycles. The SMILES string of the molecule is O=[N+]([O-])c1cc(Cl)c(F)cc1Oc1cc(F)ccc1Br. The van der Waals surface area contributed by atoms with Crippen LogP contribution in [0.4, 0.5) is 14.5 Å². The fourth-order valence-electron chi connectivity index (χ4n) is 1.42. The summed E-state index contributed by atoms with van der Waals surface area (Å²) in [5.41, 5.74) is -0.521. The predicted molar refractivity (Wildman–Crippen MR) is 72.2 cm³/mol. The van der Waals surface area contributed by atoms with Crippen LogP contribution in [-0.4, -0.2) is 4.92 Å². The van der Waals surface area contributed by atoms with Crippen LogP contribution in [0.5, 0.6) is 11.5 Å². The van der Waals surface area contributed by atoms with E-state index >= 15 is 0 Å². The van der Waals surface area contributed by atoms with Crippen molar-refractivity contribution < 1.29 is 18.4 Å². The molecule has 2 aromatic carbocycles. The number of nitro benzene ring substituents is 1. The fraction of sp³-hybridized carbons (Fsp3) is 0. The second-order valence-electron chi connectivity index (χ2n) is 3.67. The second kappa shape index (κ2) is 5.72. The number of nitrogens with zero attached hydrogens (tertiary/aromatic N) is 1. The summed E-state index contributed by atoms with van der Waals surface area (Å²) in [6.45, 7) is 0. The number of nitro groups is 1. The lowest BCUT2D eigenvalue weighted by atomic mass is 10.2. The zero-order chi connectivity index (χ0) is 14.9. The van der Waals surface area contributed by atoms with Crippen molar-refractivity contribution in [1.29, 1.82) is 0 Å². The maximum Gasteiger partial charge on any atom is 0.313 e. The van der Waals surface area contributed by atoms with Gasteiger partial charge in [-0.2, -0.15) is 0 Å². The Kier molecular flexibility index (Phi) is 4.20. The van der Waals surface area contributed by atoms with Crippen LogP contribution in [0.25, 0.3) is 0 Å². The molecule has 0 aliphatic rings. The first-order valence-corrected chi connectivity index (χ1v) is 6.32. The predicted octanol–water partition coefficient (Wildman–Crippen LogP) is 5.08. The molecule has 0 spiro atoms. The van der Waals surface area contributed by atoms with E-state index in [9.17, 15) is 18.9 Å². The number of rotatable bonds is 3. The van der Waals surface area contributed by atoms with Gasteiger partial charge in [0.1, 0.15) is 17.4 Å². The number of ether oxygens (including phenoxy) is 1. The van der Waals surface area contributed by atoms with E-state index in [2.05, 4.69) is 15.9 Å². The van der Waals surface area contributed by atoms with Gasteiger partial charge in [-0.25, -0.2) is 8.78 Å². The Bertz CT molecular complexity index is 697. The van der Waals surface area contributed by atoms with Gasteiger partial charge in [0.05, 0.1) is 14.4 Å². The molecular weight excluding hydrogens is 359 g/mol. The summed E-state index contributed by atoms with van der Waals surface area (Å²) in [4.78, 5) is 10.1. The first kappa shape index (κ1) is 14.7. The van der Waals surface area contributed by atoms with E-state index in [1.807, 2.05) is 0 Å². The van der Waals surface area contributed by atoms with Crippen molar-refractivity contribution in [2.24, 2.45) is 0 Å². The van der Waals surface area contributed by atoms with Gasteiger partial charge in [0.2, 0.25) is 5.75 Å². The van der Waals surface area contributed by atoms with Gasteiger partial charge >= 0.3 is 5.69 Å². The number of halogens is 4. The molecule has 0 aliphatic carbocycles. The Balaban J connectivity index is 2.50. The third-order valence-electron chi connectivity index (χ3n) is 2.31. The summed E-state index contributed by atoms with van der Waals surface area (Å²) in [6.07, 6.45) is 0. The highest BCUT2D eigenvalue weighted by Gasteiger charge is 2.20. The summed E-state index contributed by atoms with van der Waals surface area (Å²) in [6, 6.07) is 5.16. The van der Waals surface area contributed by atoms with Gasteiger partial charge in [-0.05, 0) is 28.1 Å². The van der Waals surface area contributed by atoms with E-state index in [1.165, 1.54) is 12.1 Å². The summed E-state index contributed by atoms with van der Waals surface area (Å²) in [7, 11) is 0. The number of hydrogen-bond acceptors (Lipinski definition) is 3. The molecule has 0 atom stereocenters. The van der Waals surface area contributed by atoms with E-state index < -0.39 is 27.3 Å². The van der Waals surface area contributed by atoms with Gasteiger partial charge in [0, 0.05) is 18.2 Å². The minimum Gasteiger partial charge on any atom is -0.449 e. The lowest BCUT2D eigenvalue weighted by molar-refractivity contribution is -0.385. The molecule has 4 nitrogen and oxygen atoms in total. The molecule has 8 heteroatoms. The summed E-state index contributed by atoms with van der Waals surface area (Å²) < 4.78 is 32.1. The molecule has 0 bridgehead atoms. The third kappa shape index (κ3) is 3.05. The molecule has 2 aromatic rings. The van der Waals surface area contributed by atoms with Crippen molar-refractivity contribution in [2.75, 3.05) is 0 Å². The van der Waals surface area contributed by atoms with Gasteiger partial charge < -0.3 is 4.74 Å². The molecule has 0 amide bonds. The molecule has 0 N–H and O–H groups in total. The molecule has 0 heterocycles. The average Bonchev–Trinajstić information content (AvgIpc) is 2.37. The Morgan fingerprint density at radius 2 is 1.90 bits per heavy atom. The highest BCUT2D eigenvalue weighted by Crippen LogP contribution is 2.37. The molecular formula is C12H5BrClF2NO3. The highest BCUT2D eigenvalue weighted by atomic mass is 79.9. The summed E-state index contributed by atoms with van der Waals surface area (Å²) in [5.74, 6) is -1.86. The summed E-state index contributed by atoms with van der Waals surface area (Å²) >= 11 is 8.59. The van der Waals surface area contributed by atoms with Crippen molar-refractivity contribution in [2.45, 2.75) is 0 Å². The molecule has 0 aliphatic heterocycles. The first-order chi connectivity index (χ1) is 9.38. The molecule has 104 valence electrons. The van der Waals surface area contributed by atoms with Crippen molar-refractivity contribution in [3.63, 3.8) is 0 Å². The molecule has 0 unspecified atom stereocenters. The van der Waals surface area contributed by atoms with Crippen LogP contribution in [0.15, 0.2) is 34.8 Å². The Morgan fingerprint density at radius 3 is 2.55 bits per heavy atom. The fourth-order valence-corrected chi connectivity index (χ4v) is 1.90. The monoisotopic (exact) mass is 363 g/mol. The first-order valence-electron chi connectivity index (χ1n) is 5.15. The van der Waals surface area contributed by atoms with Gasteiger partial charge in [0.15, 0.2) is 0 Å². The maximum atomic E-state index is 13.4. The molecule has 0 radical (unpaired) electrons. The zero-order valence-corrected chi connectivity index (χ0v) is 11.9. The van der Waals surface area contributed by atoms with Crippen molar-refractivity contribution in [1.82, 2.24) is 0 Å². The number of hydrogen-bond donors (Lipinski definition) is 0. The molecule has 20 heavy (non-hydrogen) atoms. The van der Waals surface area contributed by atoms with Crippen LogP contribution in [-0.2, 0) is 0 Å². The van der Waals surface area contributed by atoms with Crippen molar-refractivity contribution >= 4 is 33.2 Å². The van der Waals surface area contributed by atoms with E-state index in [-0.39, 0.29) is 11.5 Å². The number of benzene rings is 2. The van der Waals surface area contributed by atoms with Crippen LogP contribution in [0.1, 0.15) is 0 Å². The van der Waals surface area contributed by atoms with E-state index in [1.54, 1.807) is 0 Å². The second-order valence-corrected chi connectivity index (χ2v) is 4.93. The van der Waals surface area contributed by atoms with Gasteiger partial charge in [-0.3, -0.25) is 10.1 Å². The highest BCUT2D eigenvalue weighted by molar-refractivity contribution is 9.10. The van der Waals surface area contributed by atoms with Crippen molar-refractivity contribution in [3.8, 4) is 11.5 Å². The van der Waals surface area contributed by atoms with Crippen LogP contribution in [0.2, 0.25) is 5.02 Å². The zero-order valence-electron chi connectivity index (χ0n) is 9.57. The molecule has 0 fully saturated rings.